The van der Waals surface area contributed by atoms with Crippen LogP contribution in [-0.2, 0) is 12.8 Å². The van der Waals surface area contributed by atoms with E-state index in [2.05, 4.69) is 11.2 Å². The van der Waals surface area contributed by atoms with Crippen molar-refractivity contribution in [2.45, 2.75) is 45.4 Å². The van der Waals surface area contributed by atoms with Crippen molar-refractivity contribution in [1.29, 1.82) is 0 Å². The van der Waals surface area contributed by atoms with E-state index in [1.165, 1.54) is 23.3 Å². The van der Waals surface area contributed by atoms with Crippen LogP contribution in [0.3, 0.4) is 0 Å². The predicted molar refractivity (Wildman–Crippen MR) is 137 cm³/mol. The molecular weight excluding hydrogens is 428 g/mol. The summed E-state index contributed by atoms with van der Waals surface area (Å²) >= 11 is 1.65. The third kappa shape index (κ3) is 5.91. The van der Waals surface area contributed by atoms with Crippen LogP contribution < -0.4 is 10.1 Å². The number of terminal acetylenes is 1. The maximum atomic E-state index is 13.4. The summed E-state index contributed by atoms with van der Waals surface area (Å²) in [6, 6.07) is 15.5. The van der Waals surface area contributed by atoms with Gasteiger partial charge in [0.15, 0.2) is 0 Å². The Kier molecular flexibility index (Phi) is 7.59. The van der Waals surface area contributed by atoms with Crippen LogP contribution in [0.2, 0.25) is 0 Å². The topological polar surface area (TPSA) is 50.7 Å². The number of aliphatic imine (C=N–C) groups is 1. The first-order valence-corrected chi connectivity index (χ1v) is 12.2. The van der Waals surface area contributed by atoms with Gasteiger partial charge in [-0.3, -0.25) is 4.79 Å². The molecule has 1 N–H and O–H groups in total. The molecule has 1 aliphatic carbocycles. The molecule has 0 saturated heterocycles. The first kappa shape index (κ1) is 22.8. The second kappa shape index (κ2) is 11.0. The first-order chi connectivity index (χ1) is 16.1. The maximum absolute atomic E-state index is 13.4. The zero-order valence-corrected chi connectivity index (χ0v) is 19.7. The van der Waals surface area contributed by atoms with Crippen molar-refractivity contribution in [2.75, 3.05) is 11.9 Å². The molecule has 1 heterocycles. The summed E-state index contributed by atoms with van der Waals surface area (Å²) in [7, 11) is 0. The number of aryl methyl sites for hydroxylation is 2. The van der Waals surface area contributed by atoms with Crippen molar-refractivity contribution in [3.63, 3.8) is 0 Å². The van der Waals surface area contributed by atoms with Crippen LogP contribution in [0.15, 0.2) is 53.5 Å². The highest BCUT2D eigenvalue weighted by Crippen LogP contribution is 2.39. The van der Waals surface area contributed by atoms with Crippen molar-refractivity contribution in [3.8, 4) is 18.1 Å². The van der Waals surface area contributed by atoms with Gasteiger partial charge in [-0.2, -0.15) is 0 Å². The minimum absolute atomic E-state index is 0.0814. The lowest BCUT2D eigenvalue weighted by atomic mass is 9.96. The molecule has 0 atom stereocenters. The van der Waals surface area contributed by atoms with Gasteiger partial charge >= 0.3 is 0 Å². The zero-order valence-electron chi connectivity index (χ0n) is 18.9. The number of anilines is 1. The van der Waals surface area contributed by atoms with E-state index in [4.69, 9.17) is 16.2 Å². The highest BCUT2D eigenvalue weighted by molar-refractivity contribution is 7.16. The van der Waals surface area contributed by atoms with Crippen LogP contribution in [0.4, 0.5) is 10.7 Å². The van der Waals surface area contributed by atoms with Crippen molar-refractivity contribution < 1.29 is 9.53 Å². The Morgan fingerprint density at radius 2 is 1.82 bits per heavy atom. The fraction of sp³-hybridized carbons (Fsp3) is 0.286. The molecule has 1 aliphatic rings. The van der Waals surface area contributed by atoms with Crippen LogP contribution in [0, 0.1) is 19.3 Å². The molecule has 1 aromatic heterocycles. The molecule has 33 heavy (non-hydrogen) atoms. The van der Waals surface area contributed by atoms with E-state index in [9.17, 15) is 4.79 Å². The Balaban J connectivity index is 1.62. The summed E-state index contributed by atoms with van der Waals surface area (Å²) in [6.07, 6.45) is 13.7. The molecule has 4 nitrogen and oxygen atoms in total. The van der Waals surface area contributed by atoms with Gasteiger partial charge in [-0.15, -0.1) is 17.8 Å². The average Bonchev–Trinajstić information content (AvgIpc) is 3.14. The monoisotopic (exact) mass is 456 g/mol. The largest absolute Gasteiger partial charge is 0.481 e. The van der Waals surface area contributed by atoms with Crippen molar-refractivity contribution >= 4 is 34.1 Å². The van der Waals surface area contributed by atoms with Gasteiger partial charge in [0.25, 0.3) is 5.91 Å². The van der Waals surface area contributed by atoms with Gasteiger partial charge in [0.1, 0.15) is 17.4 Å². The third-order valence-corrected chi connectivity index (χ3v) is 6.92. The lowest BCUT2D eigenvalue weighted by Crippen LogP contribution is -2.14. The van der Waals surface area contributed by atoms with Gasteiger partial charge in [-0.25, -0.2) is 4.99 Å². The lowest BCUT2D eigenvalue weighted by Gasteiger charge is -2.12. The smallest absolute Gasteiger partial charge is 0.259 e. The molecule has 0 fully saturated rings. The lowest BCUT2D eigenvalue weighted by molar-refractivity contribution is 0.102. The van der Waals surface area contributed by atoms with Crippen molar-refractivity contribution in [2.24, 2.45) is 4.99 Å². The molecule has 2 aromatic carbocycles. The standard InChI is InChI=1S/C28H28N2O2S/c1-3-18-32-23-16-12-21(13-17-23)19-29-28-26(24-8-6-4-5-7-9-25(24)33-28)27(31)30-22-14-10-20(2)11-15-22/h1,10-17,19H,4-9,18H2,2H3,(H,30,31). The van der Waals surface area contributed by atoms with Crippen LogP contribution in [0.25, 0.3) is 0 Å². The van der Waals surface area contributed by atoms with Crippen LogP contribution in [0.5, 0.6) is 5.75 Å². The Labute approximate surface area is 199 Å². The molecule has 5 heteroatoms. The fourth-order valence-corrected chi connectivity index (χ4v) is 5.20. The van der Waals surface area contributed by atoms with Gasteiger partial charge in [0.05, 0.1) is 5.56 Å². The number of fused-ring (bicyclic) bond motifs is 1. The Morgan fingerprint density at radius 3 is 2.55 bits per heavy atom. The number of ether oxygens (including phenoxy) is 1. The number of hydrogen-bond donors (Lipinski definition) is 1. The van der Waals surface area contributed by atoms with Crippen molar-refractivity contribution in [3.05, 3.63) is 75.7 Å². The number of nitrogens with zero attached hydrogens (tertiary/aromatic N) is 1. The molecule has 0 unspecified atom stereocenters. The number of hydrogen-bond acceptors (Lipinski definition) is 4. The molecule has 1 amide bonds. The molecule has 4 rings (SSSR count). The highest BCUT2D eigenvalue weighted by Gasteiger charge is 2.24. The normalized spacial score (nSPS) is 13.6. The first-order valence-electron chi connectivity index (χ1n) is 11.4. The van der Waals surface area contributed by atoms with Gasteiger partial charge < -0.3 is 10.1 Å². The summed E-state index contributed by atoms with van der Waals surface area (Å²) in [5.74, 6) is 3.10. The number of nitrogens with one attached hydrogen (secondary N) is 1. The second-order valence-corrected chi connectivity index (χ2v) is 9.32. The molecule has 0 bridgehead atoms. The van der Waals surface area contributed by atoms with E-state index in [1.807, 2.05) is 61.7 Å². The number of rotatable bonds is 6. The predicted octanol–water partition coefficient (Wildman–Crippen LogP) is 6.73. The fourth-order valence-electron chi connectivity index (χ4n) is 3.97. The molecule has 0 saturated carbocycles. The Bertz CT molecular complexity index is 1170. The van der Waals surface area contributed by atoms with E-state index in [0.717, 1.165) is 58.8 Å². The summed E-state index contributed by atoms with van der Waals surface area (Å²) in [4.78, 5) is 19.5. The number of benzene rings is 2. The molecular formula is C28H28N2O2S. The molecule has 0 spiro atoms. The van der Waals surface area contributed by atoms with Crippen molar-refractivity contribution in [1.82, 2.24) is 0 Å². The summed E-state index contributed by atoms with van der Waals surface area (Å²) < 4.78 is 5.43. The number of thiophene rings is 1. The van der Waals surface area contributed by atoms with E-state index < -0.39 is 0 Å². The minimum Gasteiger partial charge on any atom is -0.481 e. The van der Waals surface area contributed by atoms with Crippen LogP contribution >= 0.6 is 11.3 Å². The van der Waals surface area contributed by atoms with E-state index in [-0.39, 0.29) is 12.5 Å². The molecule has 168 valence electrons. The average molecular weight is 457 g/mol. The zero-order chi connectivity index (χ0) is 23.0. The molecule has 0 radical (unpaired) electrons. The number of carbonyl (C=O) groups excluding carboxylic acids is 1. The molecule has 3 aromatic rings. The maximum Gasteiger partial charge on any atom is 0.259 e. The summed E-state index contributed by atoms with van der Waals surface area (Å²) in [5, 5.41) is 3.86. The SMILES string of the molecule is C#CCOc1ccc(C=Nc2sc3c(c2C(=O)Nc2ccc(C)cc2)CCCCCC3)cc1. The van der Waals surface area contributed by atoms with E-state index in [0.29, 0.717) is 0 Å². The van der Waals surface area contributed by atoms with E-state index in [1.54, 1.807) is 11.3 Å². The summed E-state index contributed by atoms with van der Waals surface area (Å²) in [6.45, 7) is 2.28. The Morgan fingerprint density at radius 1 is 1.09 bits per heavy atom. The van der Waals surface area contributed by atoms with Crippen LogP contribution in [0.1, 0.15) is 57.6 Å². The van der Waals surface area contributed by atoms with E-state index >= 15 is 0 Å². The summed E-state index contributed by atoms with van der Waals surface area (Å²) in [5.41, 5.74) is 4.80. The quantitative estimate of drug-likeness (QED) is 0.330. The van der Waals surface area contributed by atoms with Gasteiger partial charge in [-0.1, -0.05) is 36.5 Å². The molecule has 0 aliphatic heterocycles. The van der Waals surface area contributed by atoms with Gasteiger partial charge in [0, 0.05) is 16.8 Å². The van der Waals surface area contributed by atoms with Gasteiger partial charge in [0.2, 0.25) is 0 Å². The second-order valence-electron chi connectivity index (χ2n) is 8.24. The third-order valence-electron chi connectivity index (χ3n) is 5.72. The Hall–Kier alpha value is -3.36. The highest BCUT2D eigenvalue weighted by atomic mass is 32.1. The van der Waals surface area contributed by atoms with Crippen LogP contribution in [-0.4, -0.2) is 18.7 Å². The van der Waals surface area contributed by atoms with Gasteiger partial charge in [-0.05, 0) is 80.1 Å². The number of carbonyl (C=O) groups is 1. The minimum atomic E-state index is -0.0814. The number of amides is 1.